The van der Waals surface area contributed by atoms with Crippen LogP contribution in [0.15, 0.2) is 47.2 Å². The van der Waals surface area contributed by atoms with E-state index in [1.54, 1.807) is 35.6 Å². The van der Waals surface area contributed by atoms with Crippen molar-refractivity contribution in [3.8, 4) is 10.6 Å². The van der Waals surface area contributed by atoms with Gasteiger partial charge >= 0.3 is 0 Å². The Hall–Kier alpha value is -3.04. The van der Waals surface area contributed by atoms with Gasteiger partial charge in [0.25, 0.3) is 5.91 Å². The minimum absolute atomic E-state index is 0.181. The van der Waals surface area contributed by atoms with E-state index in [2.05, 4.69) is 20.9 Å². The first-order valence-electron chi connectivity index (χ1n) is 8.10. The third-order valence-electron chi connectivity index (χ3n) is 3.97. The smallest absolute Gasteiger partial charge is 0.254 e. The summed E-state index contributed by atoms with van der Waals surface area (Å²) in [5.74, 6) is -1.22. The molecule has 1 aromatic carbocycles. The second-order valence-corrected chi connectivity index (χ2v) is 7.63. The number of anilines is 2. The molecule has 1 aliphatic rings. The highest BCUT2D eigenvalue weighted by atomic mass is 32.1. The number of amides is 3. The van der Waals surface area contributed by atoms with Crippen molar-refractivity contribution in [1.82, 2.24) is 10.3 Å². The van der Waals surface area contributed by atoms with Crippen molar-refractivity contribution in [2.75, 3.05) is 10.6 Å². The number of nitrogens with zero attached hydrogens (tertiary/aromatic N) is 1. The maximum Gasteiger partial charge on any atom is 0.254 e. The average molecular weight is 398 g/mol. The highest BCUT2D eigenvalue weighted by molar-refractivity contribution is 7.16. The predicted molar refractivity (Wildman–Crippen MR) is 105 cm³/mol. The van der Waals surface area contributed by atoms with Crippen molar-refractivity contribution in [3.05, 3.63) is 52.7 Å². The van der Waals surface area contributed by atoms with Gasteiger partial charge in [-0.25, -0.2) is 4.98 Å². The second-order valence-electron chi connectivity index (χ2n) is 5.83. The molecule has 136 valence electrons. The minimum atomic E-state index is -0.957. The molecule has 0 aliphatic carbocycles. The summed E-state index contributed by atoms with van der Waals surface area (Å²) in [5, 5.41) is 12.2. The Kier molecular flexibility index (Phi) is 4.69. The summed E-state index contributed by atoms with van der Waals surface area (Å²) in [6.07, 6.45) is -0.181. The fourth-order valence-corrected chi connectivity index (χ4v) is 4.17. The number of carbonyl (C=O) groups excluding carboxylic acids is 3. The molecular weight excluding hydrogens is 384 g/mol. The quantitative estimate of drug-likeness (QED) is 0.629. The zero-order valence-corrected chi connectivity index (χ0v) is 15.5. The Morgan fingerprint density at radius 1 is 1.15 bits per heavy atom. The van der Waals surface area contributed by atoms with Gasteiger partial charge in [0.2, 0.25) is 11.8 Å². The van der Waals surface area contributed by atoms with Crippen LogP contribution in [-0.2, 0) is 9.59 Å². The summed E-state index contributed by atoms with van der Waals surface area (Å²) in [6, 6.07) is 9.64. The molecule has 3 N–H and O–H groups in total. The first-order chi connectivity index (χ1) is 13.1. The van der Waals surface area contributed by atoms with Gasteiger partial charge in [0.15, 0.2) is 5.13 Å². The van der Waals surface area contributed by atoms with E-state index >= 15 is 0 Å². The van der Waals surface area contributed by atoms with Crippen molar-refractivity contribution in [3.63, 3.8) is 0 Å². The molecule has 0 fully saturated rings. The van der Waals surface area contributed by atoms with Crippen molar-refractivity contribution in [1.29, 1.82) is 0 Å². The van der Waals surface area contributed by atoms with E-state index in [4.69, 9.17) is 0 Å². The van der Waals surface area contributed by atoms with E-state index in [-0.39, 0.29) is 6.42 Å². The number of hydrogen-bond donors (Lipinski definition) is 3. The number of aromatic nitrogens is 1. The molecule has 3 amide bonds. The molecule has 27 heavy (non-hydrogen) atoms. The Morgan fingerprint density at radius 2 is 2.00 bits per heavy atom. The first kappa shape index (κ1) is 17.4. The lowest BCUT2D eigenvalue weighted by Gasteiger charge is -2.13. The molecule has 0 saturated carbocycles. The van der Waals surface area contributed by atoms with Crippen LogP contribution in [-0.4, -0.2) is 28.7 Å². The number of carbonyl (C=O) groups is 3. The SMILES string of the molecule is O=C(C[C@@H]1NC(=O)c2ccccc2NC1=O)Nc1nc(-c2cccs2)cs1. The van der Waals surface area contributed by atoms with Gasteiger partial charge in [-0.15, -0.1) is 22.7 Å². The highest BCUT2D eigenvalue weighted by Gasteiger charge is 2.29. The molecule has 2 aromatic heterocycles. The van der Waals surface area contributed by atoms with Crippen LogP contribution in [0.4, 0.5) is 10.8 Å². The van der Waals surface area contributed by atoms with E-state index < -0.39 is 23.8 Å². The van der Waals surface area contributed by atoms with Gasteiger partial charge in [-0.1, -0.05) is 18.2 Å². The number of para-hydroxylation sites is 1. The number of nitrogens with one attached hydrogen (secondary N) is 3. The lowest BCUT2D eigenvalue weighted by atomic mass is 10.1. The van der Waals surface area contributed by atoms with E-state index in [1.807, 2.05) is 22.9 Å². The number of thiazole rings is 1. The van der Waals surface area contributed by atoms with Crippen LogP contribution in [0.2, 0.25) is 0 Å². The van der Waals surface area contributed by atoms with Crippen molar-refractivity contribution in [2.45, 2.75) is 12.5 Å². The van der Waals surface area contributed by atoms with Crippen LogP contribution in [0.25, 0.3) is 10.6 Å². The number of thiophene rings is 1. The third kappa shape index (κ3) is 3.74. The van der Waals surface area contributed by atoms with E-state index in [0.29, 0.717) is 16.4 Å². The summed E-state index contributed by atoms with van der Waals surface area (Å²) in [7, 11) is 0. The lowest BCUT2D eigenvalue weighted by Crippen LogP contribution is -2.43. The van der Waals surface area contributed by atoms with Crippen LogP contribution in [0.3, 0.4) is 0 Å². The molecular formula is C18H14N4O3S2. The molecule has 4 rings (SSSR count). The van der Waals surface area contributed by atoms with Gasteiger partial charge in [0.1, 0.15) is 6.04 Å². The molecule has 0 spiro atoms. The average Bonchev–Trinajstić information content (AvgIpc) is 3.31. The number of hydrogen-bond acceptors (Lipinski definition) is 6. The van der Waals surface area contributed by atoms with Crippen molar-refractivity contribution < 1.29 is 14.4 Å². The summed E-state index contributed by atoms with van der Waals surface area (Å²) in [4.78, 5) is 42.4. The van der Waals surface area contributed by atoms with Crippen LogP contribution in [0.1, 0.15) is 16.8 Å². The monoisotopic (exact) mass is 398 g/mol. The third-order valence-corrected chi connectivity index (χ3v) is 5.62. The van der Waals surface area contributed by atoms with Crippen molar-refractivity contribution in [2.24, 2.45) is 0 Å². The molecule has 9 heteroatoms. The number of benzene rings is 1. The Bertz CT molecular complexity index is 1010. The molecule has 0 bridgehead atoms. The zero-order valence-electron chi connectivity index (χ0n) is 13.9. The number of fused-ring (bicyclic) bond motifs is 1. The second kappa shape index (κ2) is 7.29. The largest absolute Gasteiger partial charge is 0.340 e. The van der Waals surface area contributed by atoms with E-state index in [1.165, 1.54) is 11.3 Å². The van der Waals surface area contributed by atoms with Gasteiger partial charge in [-0.05, 0) is 23.6 Å². The fourth-order valence-electron chi connectivity index (χ4n) is 2.68. The lowest BCUT2D eigenvalue weighted by molar-refractivity contribution is -0.122. The van der Waals surface area contributed by atoms with Crippen LogP contribution >= 0.6 is 22.7 Å². The summed E-state index contributed by atoms with van der Waals surface area (Å²) >= 11 is 2.87. The first-order valence-corrected chi connectivity index (χ1v) is 9.86. The maximum atomic E-state index is 12.4. The van der Waals surface area contributed by atoms with Crippen LogP contribution < -0.4 is 16.0 Å². The predicted octanol–water partition coefficient (Wildman–Crippen LogP) is 2.95. The van der Waals surface area contributed by atoms with Gasteiger partial charge in [0, 0.05) is 5.38 Å². The van der Waals surface area contributed by atoms with Crippen molar-refractivity contribution >= 4 is 51.2 Å². The molecule has 3 heterocycles. The fraction of sp³-hybridized carbons (Fsp3) is 0.111. The number of rotatable bonds is 4. The van der Waals surface area contributed by atoms with Gasteiger partial charge < -0.3 is 16.0 Å². The molecule has 0 unspecified atom stereocenters. The van der Waals surface area contributed by atoms with E-state index in [0.717, 1.165) is 10.6 Å². The molecule has 0 saturated heterocycles. The summed E-state index contributed by atoms with van der Waals surface area (Å²) in [6.45, 7) is 0. The molecule has 7 nitrogen and oxygen atoms in total. The topological polar surface area (TPSA) is 100 Å². The molecule has 1 atom stereocenters. The highest BCUT2D eigenvalue weighted by Crippen LogP contribution is 2.28. The Balaban J connectivity index is 1.42. The maximum absolute atomic E-state index is 12.4. The van der Waals surface area contributed by atoms with Crippen LogP contribution in [0, 0.1) is 0 Å². The Morgan fingerprint density at radius 3 is 2.81 bits per heavy atom. The molecule has 3 aromatic rings. The van der Waals surface area contributed by atoms with Gasteiger partial charge in [-0.2, -0.15) is 0 Å². The minimum Gasteiger partial charge on any atom is -0.340 e. The standard InChI is InChI=1S/C18H14N4O3S2/c23-15(22-18-21-13(9-27-18)14-6-3-7-26-14)8-12-17(25)19-11-5-2-1-4-10(11)16(24)20-12/h1-7,9,12H,8H2,(H,19,25)(H,20,24)(H,21,22,23)/t12-/m0/s1. The zero-order chi connectivity index (χ0) is 18.8. The van der Waals surface area contributed by atoms with Crippen LogP contribution in [0.5, 0.6) is 0 Å². The Labute approximate surface area is 162 Å². The summed E-state index contributed by atoms with van der Waals surface area (Å²) in [5.41, 5.74) is 1.60. The summed E-state index contributed by atoms with van der Waals surface area (Å²) < 4.78 is 0. The van der Waals surface area contributed by atoms with Gasteiger partial charge in [0.05, 0.1) is 28.2 Å². The molecule has 1 aliphatic heterocycles. The normalized spacial score (nSPS) is 16.1. The molecule has 0 radical (unpaired) electrons. The van der Waals surface area contributed by atoms with E-state index in [9.17, 15) is 14.4 Å². The van der Waals surface area contributed by atoms with Gasteiger partial charge in [-0.3, -0.25) is 14.4 Å².